The zero-order valence-electron chi connectivity index (χ0n) is 15.6. The highest BCUT2D eigenvalue weighted by molar-refractivity contribution is 5.89. The number of methoxy groups -OCH3 is 1. The van der Waals surface area contributed by atoms with Crippen LogP contribution in [0.25, 0.3) is 5.57 Å². The Kier molecular flexibility index (Phi) is 8.57. The third-order valence-electron chi connectivity index (χ3n) is 3.87. The van der Waals surface area contributed by atoms with Crippen molar-refractivity contribution in [2.75, 3.05) is 27.2 Å². The van der Waals surface area contributed by atoms with Crippen LogP contribution in [-0.2, 0) is 9.59 Å². The minimum Gasteiger partial charge on any atom is -0.478 e. The molecule has 0 fully saturated rings. The molecule has 26 heavy (non-hydrogen) atoms. The maximum Gasteiger partial charge on any atom is 0.328 e. The molecule has 0 aromatic carbocycles. The van der Waals surface area contributed by atoms with E-state index in [1.165, 1.54) is 0 Å². The first kappa shape index (κ1) is 21.4. The SMILES string of the molecule is CC[C@H](C)c1nc(C2=CCCN(C)C2)oc1OC.O=C(O)C=CC(=O)O. The lowest BCUT2D eigenvalue weighted by Gasteiger charge is -2.20. The van der Waals surface area contributed by atoms with Crippen molar-refractivity contribution in [3.63, 3.8) is 0 Å². The molecule has 2 N–H and O–H groups in total. The number of aromatic nitrogens is 1. The minimum atomic E-state index is -1.26. The monoisotopic (exact) mass is 366 g/mol. The Hall–Kier alpha value is -2.61. The average Bonchev–Trinajstić information content (AvgIpc) is 3.04. The fourth-order valence-electron chi connectivity index (χ4n) is 2.30. The predicted octanol–water partition coefficient (Wildman–Crippen LogP) is 2.63. The zero-order chi connectivity index (χ0) is 19.7. The van der Waals surface area contributed by atoms with Crippen LogP contribution in [0, 0.1) is 0 Å². The number of rotatable bonds is 6. The number of carbonyl (C=O) groups is 2. The average molecular weight is 366 g/mol. The van der Waals surface area contributed by atoms with E-state index in [1.54, 1.807) is 7.11 Å². The van der Waals surface area contributed by atoms with Gasteiger partial charge < -0.3 is 24.3 Å². The lowest BCUT2D eigenvalue weighted by molar-refractivity contribution is -0.134. The number of carboxylic acid groups (broad SMARTS) is 2. The number of oxazole rings is 1. The normalized spacial score (nSPS) is 15.8. The van der Waals surface area contributed by atoms with E-state index in [4.69, 9.17) is 19.4 Å². The highest BCUT2D eigenvalue weighted by atomic mass is 16.6. The van der Waals surface area contributed by atoms with E-state index in [0.717, 1.165) is 37.2 Å². The van der Waals surface area contributed by atoms with E-state index in [-0.39, 0.29) is 0 Å². The number of nitrogens with zero attached hydrogens (tertiary/aromatic N) is 2. The standard InChI is InChI=1S/C14H22N2O2.C4H4O4/c1-5-10(2)12-14(17-4)18-13(15-12)11-7-6-8-16(3)9-11;5-3(6)1-2-4(7)8/h7,10H,5-6,8-9H2,1-4H3;1-2H,(H,5,6)(H,7,8)/t10-;/m0./s1. The molecule has 1 aromatic rings. The fourth-order valence-corrected chi connectivity index (χ4v) is 2.30. The molecule has 2 heterocycles. The molecule has 0 spiro atoms. The largest absolute Gasteiger partial charge is 0.478 e. The third kappa shape index (κ3) is 6.72. The molecule has 8 nitrogen and oxygen atoms in total. The molecule has 0 bridgehead atoms. The van der Waals surface area contributed by atoms with Crippen LogP contribution in [0.3, 0.4) is 0 Å². The van der Waals surface area contributed by atoms with Crippen molar-refractivity contribution in [1.29, 1.82) is 0 Å². The summed E-state index contributed by atoms with van der Waals surface area (Å²) < 4.78 is 11.0. The summed E-state index contributed by atoms with van der Waals surface area (Å²) in [4.78, 5) is 26.0. The van der Waals surface area contributed by atoms with Crippen molar-refractivity contribution in [2.45, 2.75) is 32.6 Å². The molecule has 1 aromatic heterocycles. The summed E-state index contributed by atoms with van der Waals surface area (Å²) in [5.74, 6) is -0.874. The van der Waals surface area contributed by atoms with Crippen molar-refractivity contribution in [2.24, 2.45) is 0 Å². The van der Waals surface area contributed by atoms with Crippen LogP contribution in [0.2, 0.25) is 0 Å². The van der Waals surface area contributed by atoms with Gasteiger partial charge in [0.05, 0.1) is 7.11 Å². The van der Waals surface area contributed by atoms with Gasteiger partial charge in [0.1, 0.15) is 5.69 Å². The third-order valence-corrected chi connectivity index (χ3v) is 3.87. The van der Waals surface area contributed by atoms with Gasteiger partial charge >= 0.3 is 17.9 Å². The fraction of sp³-hybridized carbons (Fsp3) is 0.500. The molecule has 0 aliphatic carbocycles. The number of aliphatic carboxylic acids is 2. The predicted molar refractivity (Wildman–Crippen MR) is 96.3 cm³/mol. The summed E-state index contributed by atoms with van der Waals surface area (Å²) in [6, 6.07) is 0. The van der Waals surface area contributed by atoms with Gasteiger partial charge in [-0.1, -0.05) is 19.9 Å². The van der Waals surface area contributed by atoms with E-state index in [2.05, 4.69) is 36.9 Å². The van der Waals surface area contributed by atoms with Gasteiger partial charge in [-0.3, -0.25) is 0 Å². The number of likely N-dealkylation sites (N-methyl/N-ethyl adjacent to an activating group) is 1. The van der Waals surface area contributed by atoms with Gasteiger partial charge in [-0.05, 0) is 19.9 Å². The van der Waals surface area contributed by atoms with E-state index in [0.29, 0.717) is 29.9 Å². The lowest BCUT2D eigenvalue weighted by atomic mass is 10.1. The number of ether oxygens (including phenoxy) is 1. The van der Waals surface area contributed by atoms with Crippen molar-refractivity contribution < 1.29 is 29.0 Å². The zero-order valence-corrected chi connectivity index (χ0v) is 15.6. The Morgan fingerprint density at radius 2 is 2.00 bits per heavy atom. The van der Waals surface area contributed by atoms with E-state index in [9.17, 15) is 9.59 Å². The van der Waals surface area contributed by atoms with Crippen molar-refractivity contribution >= 4 is 17.5 Å². The molecule has 0 amide bonds. The molecule has 0 radical (unpaired) electrons. The van der Waals surface area contributed by atoms with Crippen LogP contribution in [-0.4, -0.2) is 59.3 Å². The van der Waals surface area contributed by atoms with Crippen LogP contribution < -0.4 is 4.74 Å². The first-order valence-electron chi connectivity index (χ1n) is 8.35. The molecule has 0 unspecified atom stereocenters. The minimum absolute atomic E-state index is 0.361. The van der Waals surface area contributed by atoms with Crippen LogP contribution >= 0.6 is 0 Å². The molecule has 0 saturated carbocycles. The molecule has 144 valence electrons. The van der Waals surface area contributed by atoms with Gasteiger partial charge in [0, 0.05) is 36.7 Å². The maximum absolute atomic E-state index is 9.55. The van der Waals surface area contributed by atoms with Gasteiger partial charge in [0.2, 0.25) is 5.89 Å². The van der Waals surface area contributed by atoms with Gasteiger partial charge in [0.25, 0.3) is 0 Å². The number of hydrogen-bond donors (Lipinski definition) is 2. The molecule has 0 saturated heterocycles. The van der Waals surface area contributed by atoms with Gasteiger partial charge in [0.15, 0.2) is 0 Å². The summed E-state index contributed by atoms with van der Waals surface area (Å²) in [5.41, 5.74) is 2.10. The van der Waals surface area contributed by atoms with Crippen molar-refractivity contribution in [3.8, 4) is 5.95 Å². The highest BCUT2D eigenvalue weighted by Gasteiger charge is 2.22. The Bertz CT molecular complexity index is 661. The van der Waals surface area contributed by atoms with Gasteiger partial charge in [-0.25, -0.2) is 14.6 Å². The number of carboxylic acids is 2. The second-order valence-electron chi connectivity index (χ2n) is 5.97. The molecule has 1 aliphatic heterocycles. The molecule has 2 rings (SSSR count). The summed E-state index contributed by atoms with van der Waals surface area (Å²) in [5, 5.41) is 15.6. The molecular formula is C18H26N2O6. The summed E-state index contributed by atoms with van der Waals surface area (Å²) in [7, 11) is 3.75. The molecule has 8 heteroatoms. The first-order chi connectivity index (χ1) is 12.3. The Morgan fingerprint density at radius 1 is 1.38 bits per heavy atom. The van der Waals surface area contributed by atoms with Crippen molar-refractivity contribution in [3.05, 3.63) is 29.8 Å². The van der Waals surface area contributed by atoms with Crippen LogP contribution in [0.4, 0.5) is 0 Å². The van der Waals surface area contributed by atoms with E-state index < -0.39 is 11.9 Å². The summed E-state index contributed by atoms with van der Waals surface area (Å²) >= 11 is 0. The second kappa shape index (κ2) is 10.4. The topological polar surface area (TPSA) is 113 Å². The maximum atomic E-state index is 9.55. The summed E-state index contributed by atoms with van der Waals surface area (Å²) in [6.45, 7) is 6.28. The molecule has 1 atom stereocenters. The van der Waals surface area contributed by atoms with Crippen LogP contribution in [0.15, 0.2) is 22.6 Å². The summed E-state index contributed by atoms with van der Waals surface area (Å²) in [6.07, 6.45) is 5.41. The molecule has 1 aliphatic rings. The Balaban J connectivity index is 0.000000359. The number of hydrogen-bond acceptors (Lipinski definition) is 6. The van der Waals surface area contributed by atoms with Crippen LogP contribution in [0.1, 0.15) is 44.2 Å². The van der Waals surface area contributed by atoms with Crippen LogP contribution in [0.5, 0.6) is 5.95 Å². The first-order valence-corrected chi connectivity index (χ1v) is 8.35. The smallest absolute Gasteiger partial charge is 0.328 e. The Morgan fingerprint density at radius 3 is 2.46 bits per heavy atom. The quantitative estimate of drug-likeness (QED) is 0.739. The van der Waals surface area contributed by atoms with Gasteiger partial charge in [-0.15, -0.1) is 0 Å². The van der Waals surface area contributed by atoms with E-state index in [1.807, 2.05) is 0 Å². The lowest BCUT2D eigenvalue weighted by Crippen LogP contribution is -2.25. The van der Waals surface area contributed by atoms with Gasteiger partial charge in [-0.2, -0.15) is 0 Å². The van der Waals surface area contributed by atoms with Crippen molar-refractivity contribution in [1.82, 2.24) is 9.88 Å². The Labute approximate surface area is 152 Å². The highest BCUT2D eigenvalue weighted by Crippen LogP contribution is 2.32. The van der Waals surface area contributed by atoms with E-state index >= 15 is 0 Å². The second-order valence-corrected chi connectivity index (χ2v) is 5.97. The molecular weight excluding hydrogens is 340 g/mol.